The lowest BCUT2D eigenvalue weighted by Gasteiger charge is -1.96. The number of rotatable bonds is 1. The summed E-state index contributed by atoms with van der Waals surface area (Å²) in [4.78, 5) is 3.85. The van der Waals surface area contributed by atoms with Crippen LogP contribution in [0.5, 0.6) is 0 Å². The first-order valence-corrected chi connectivity index (χ1v) is 3.69. The number of aromatic nitrogens is 1. The van der Waals surface area contributed by atoms with Crippen LogP contribution >= 0.6 is 24.8 Å². The molecule has 0 aliphatic heterocycles. The molecule has 0 radical (unpaired) electrons. The van der Waals surface area contributed by atoms with E-state index in [9.17, 15) is 0 Å². The van der Waals surface area contributed by atoms with Crippen molar-refractivity contribution in [1.29, 1.82) is 0 Å². The normalized spacial score (nSPS) is 9.20. The minimum absolute atomic E-state index is 0. The number of nitrogen functional groups attached to an aromatic ring is 1. The van der Waals surface area contributed by atoms with Gasteiger partial charge in [0.25, 0.3) is 6.01 Å². The number of benzene rings is 1. The van der Waals surface area contributed by atoms with E-state index in [1.807, 2.05) is 0 Å². The molecule has 0 saturated heterocycles. The molecule has 15 heavy (non-hydrogen) atoms. The Hall–Kier alpha value is -0.945. The van der Waals surface area contributed by atoms with Gasteiger partial charge in [-0.2, -0.15) is 4.98 Å². The average molecular weight is 251 g/mol. The van der Waals surface area contributed by atoms with Crippen LogP contribution in [-0.2, 0) is 0 Å². The molecular formula is C7H9BCl2N2O3. The van der Waals surface area contributed by atoms with Gasteiger partial charge in [-0.1, -0.05) is 6.07 Å². The summed E-state index contributed by atoms with van der Waals surface area (Å²) in [5.41, 5.74) is 6.72. The number of nitrogens with two attached hydrogens (primary N) is 1. The monoisotopic (exact) mass is 250 g/mol. The summed E-state index contributed by atoms with van der Waals surface area (Å²) in [5.74, 6) is 0. The Morgan fingerprint density at radius 1 is 1.27 bits per heavy atom. The van der Waals surface area contributed by atoms with E-state index < -0.39 is 7.12 Å². The third-order valence-electron chi connectivity index (χ3n) is 1.73. The molecule has 0 saturated carbocycles. The Balaban J connectivity index is 0.000000980. The van der Waals surface area contributed by atoms with E-state index in [0.29, 0.717) is 16.6 Å². The van der Waals surface area contributed by atoms with Crippen LogP contribution in [-0.4, -0.2) is 22.2 Å². The molecule has 1 heterocycles. The molecule has 0 aliphatic carbocycles. The van der Waals surface area contributed by atoms with E-state index in [-0.39, 0.29) is 30.8 Å². The summed E-state index contributed by atoms with van der Waals surface area (Å²) >= 11 is 0. The number of nitrogens with zero attached hydrogens (tertiary/aromatic N) is 1. The predicted octanol–water partition coefficient (Wildman–Crippen LogP) is -0.0666. The van der Waals surface area contributed by atoms with Crippen LogP contribution in [0.1, 0.15) is 0 Å². The smallest absolute Gasteiger partial charge is 0.424 e. The molecule has 0 unspecified atom stereocenters. The van der Waals surface area contributed by atoms with Crippen molar-refractivity contribution in [3.63, 3.8) is 0 Å². The van der Waals surface area contributed by atoms with Gasteiger partial charge in [-0.25, -0.2) is 0 Å². The molecule has 0 bridgehead atoms. The molecule has 0 atom stereocenters. The molecule has 5 nitrogen and oxygen atoms in total. The first kappa shape index (κ1) is 14.1. The Labute approximate surface area is 98.3 Å². The van der Waals surface area contributed by atoms with Crippen molar-refractivity contribution in [3.05, 3.63) is 18.2 Å². The average Bonchev–Trinajstić information content (AvgIpc) is 2.42. The number of oxazole rings is 1. The van der Waals surface area contributed by atoms with Crippen LogP contribution < -0.4 is 11.2 Å². The third kappa shape index (κ3) is 2.76. The van der Waals surface area contributed by atoms with E-state index in [1.165, 1.54) is 12.1 Å². The number of fused-ring (bicyclic) bond motifs is 1. The zero-order valence-corrected chi connectivity index (χ0v) is 9.09. The number of hydrogen-bond donors (Lipinski definition) is 3. The van der Waals surface area contributed by atoms with Gasteiger partial charge in [-0.15, -0.1) is 24.8 Å². The fourth-order valence-corrected chi connectivity index (χ4v) is 1.12. The van der Waals surface area contributed by atoms with Gasteiger partial charge in [-0.3, -0.25) is 0 Å². The van der Waals surface area contributed by atoms with Gasteiger partial charge in [0, 0.05) is 0 Å². The maximum absolute atomic E-state index is 8.86. The van der Waals surface area contributed by atoms with E-state index in [2.05, 4.69) is 4.98 Å². The zero-order valence-electron chi connectivity index (χ0n) is 7.45. The number of halogens is 2. The zero-order chi connectivity index (χ0) is 9.42. The van der Waals surface area contributed by atoms with Crippen molar-refractivity contribution < 1.29 is 14.5 Å². The van der Waals surface area contributed by atoms with Gasteiger partial charge in [0.05, 0.1) is 0 Å². The van der Waals surface area contributed by atoms with Gasteiger partial charge >= 0.3 is 7.12 Å². The highest BCUT2D eigenvalue weighted by molar-refractivity contribution is 6.58. The second-order valence-corrected chi connectivity index (χ2v) is 2.65. The number of hydrogen-bond acceptors (Lipinski definition) is 5. The molecule has 2 aromatic rings. The van der Waals surface area contributed by atoms with E-state index >= 15 is 0 Å². The second-order valence-electron chi connectivity index (χ2n) is 2.65. The van der Waals surface area contributed by atoms with Gasteiger partial charge in [0.2, 0.25) is 0 Å². The Morgan fingerprint density at radius 3 is 2.53 bits per heavy atom. The fraction of sp³-hybridized carbons (Fsp3) is 0. The maximum Gasteiger partial charge on any atom is 0.488 e. The largest absolute Gasteiger partial charge is 0.488 e. The molecule has 1 aromatic heterocycles. The van der Waals surface area contributed by atoms with Crippen molar-refractivity contribution >= 4 is 54.5 Å². The van der Waals surface area contributed by atoms with Crippen molar-refractivity contribution in [1.82, 2.24) is 4.98 Å². The third-order valence-corrected chi connectivity index (χ3v) is 1.73. The molecule has 8 heteroatoms. The van der Waals surface area contributed by atoms with E-state index in [0.717, 1.165) is 0 Å². The van der Waals surface area contributed by atoms with Crippen molar-refractivity contribution in [3.8, 4) is 0 Å². The van der Waals surface area contributed by atoms with Crippen LogP contribution in [0.3, 0.4) is 0 Å². The summed E-state index contributed by atoms with van der Waals surface area (Å²) in [7, 11) is -1.50. The first-order valence-electron chi connectivity index (χ1n) is 3.69. The molecule has 0 amide bonds. The van der Waals surface area contributed by atoms with E-state index in [4.69, 9.17) is 20.2 Å². The van der Waals surface area contributed by atoms with Crippen molar-refractivity contribution in [2.24, 2.45) is 0 Å². The molecule has 4 N–H and O–H groups in total. The Kier molecular flexibility index (Phi) is 4.90. The minimum Gasteiger partial charge on any atom is -0.424 e. The molecule has 0 spiro atoms. The van der Waals surface area contributed by atoms with Crippen LogP contribution in [0.15, 0.2) is 22.6 Å². The summed E-state index contributed by atoms with van der Waals surface area (Å²) in [6.45, 7) is 0. The first-order chi connectivity index (χ1) is 6.16. The highest BCUT2D eigenvalue weighted by Gasteiger charge is 2.12. The number of anilines is 1. The fourth-order valence-electron chi connectivity index (χ4n) is 1.12. The van der Waals surface area contributed by atoms with Gasteiger partial charge in [0.15, 0.2) is 5.58 Å². The van der Waals surface area contributed by atoms with E-state index in [1.54, 1.807) is 6.07 Å². The highest BCUT2D eigenvalue weighted by atomic mass is 35.5. The SMILES string of the molecule is Cl.Cl.Nc1nc2cc(B(O)O)ccc2o1. The minimum atomic E-state index is -1.50. The predicted molar refractivity (Wildman–Crippen MR) is 62.7 cm³/mol. The topological polar surface area (TPSA) is 92.5 Å². The lowest BCUT2D eigenvalue weighted by Crippen LogP contribution is -2.29. The second kappa shape index (κ2) is 5.23. The van der Waals surface area contributed by atoms with Crippen LogP contribution in [0.4, 0.5) is 6.01 Å². The van der Waals surface area contributed by atoms with Crippen LogP contribution in [0.2, 0.25) is 0 Å². The Morgan fingerprint density at radius 2 is 1.93 bits per heavy atom. The molecule has 2 rings (SSSR count). The van der Waals surface area contributed by atoms with Gasteiger partial charge in [-0.05, 0) is 17.6 Å². The molecule has 1 aromatic carbocycles. The Bertz CT molecular complexity index is 449. The molecule has 0 aliphatic rings. The van der Waals surface area contributed by atoms with Crippen molar-refractivity contribution in [2.75, 3.05) is 5.73 Å². The summed E-state index contributed by atoms with van der Waals surface area (Å²) in [6, 6.07) is 4.71. The van der Waals surface area contributed by atoms with Gasteiger partial charge in [0.1, 0.15) is 5.52 Å². The molecule has 82 valence electrons. The lowest BCUT2D eigenvalue weighted by atomic mass is 9.80. The summed E-state index contributed by atoms with van der Waals surface area (Å²) in [5, 5.41) is 17.7. The molecule has 0 fully saturated rings. The van der Waals surface area contributed by atoms with Crippen LogP contribution in [0, 0.1) is 0 Å². The lowest BCUT2D eigenvalue weighted by molar-refractivity contribution is 0.426. The van der Waals surface area contributed by atoms with Gasteiger partial charge < -0.3 is 20.2 Å². The summed E-state index contributed by atoms with van der Waals surface area (Å²) in [6.07, 6.45) is 0. The van der Waals surface area contributed by atoms with Crippen molar-refractivity contribution in [2.45, 2.75) is 0 Å². The highest BCUT2D eigenvalue weighted by Crippen LogP contribution is 2.14. The molecular weight excluding hydrogens is 242 g/mol. The summed E-state index contributed by atoms with van der Waals surface area (Å²) < 4.78 is 5.01. The quantitative estimate of drug-likeness (QED) is 0.617. The van der Waals surface area contributed by atoms with Crippen LogP contribution in [0.25, 0.3) is 11.1 Å². The maximum atomic E-state index is 8.86. The standard InChI is InChI=1S/C7H7BN2O3.2ClH/c9-7-10-5-3-4(8(11)12)1-2-6(5)13-7;;/h1-3,11-12H,(H2,9,10);2*1H.